The molecule has 0 unspecified atom stereocenters. The molecule has 2 aromatic heterocycles. The second kappa shape index (κ2) is 8.25. The Bertz CT molecular complexity index is 947. The van der Waals surface area contributed by atoms with Crippen LogP contribution in [-0.2, 0) is 30.4 Å². The van der Waals surface area contributed by atoms with E-state index in [9.17, 15) is 23.1 Å². The van der Waals surface area contributed by atoms with Crippen molar-refractivity contribution in [2.24, 2.45) is 5.92 Å². The highest BCUT2D eigenvalue weighted by Gasteiger charge is 2.37. The average molecular weight is 441 g/mol. The Hall–Kier alpha value is -2.02. The maximum atomic E-state index is 13.5. The summed E-state index contributed by atoms with van der Waals surface area (Å²) in [6.45, 7) is 0.0360. The molecule has 2 aliphatic carbocycles. The van der Waals surface area contributed by atoms with Crippen LogP contribution in [0, 0.1) is 5.92 Å². The minimum Gasteiger partial charge on any atom is -0.481 e. The second-order valence-corrected chi connectivity index (χ2v) is 8.76. The lowest BCUT2D eigenvalue weighted by Crippen LogP contribution is -2.21. The summed E-state index contributed by atoms with van der Waals surface area (Å²) in [5.41, 5.74) is 2.58. The summed E-state index contributed by atoms with van der Waals surface area (Å²) in [6.07, 6.45) is 5.24. The highest BCUT2D eigenvalue weighted by atomic mass is 35.5. The van der Waals surface area contributed by atoms with Gasteiger partial charge in [0.2, 0.25) is 0 Å². The minimum atomic E-state index is -4.56. The standard InChI is InChI=1S/C22H24ClF3N2O2/c23-18-9-10-27-20(22(24,25)26)17(18)12-28-11-16(15-3-1-2-4-19(15)28)13-5-7-14(8-6-13)21(29)30/h9-11,13-14H,1-8,12H2,(H,29,30). The van der Waals surface area contributed by atoms with Crippen molar-refractivity contribution in [2.75, 3.05) is 0 Å². The molecule has 0 atom stereocenters. The lowest BCUT2D eigenvalue weighted by atomic mass is 9.77. The van der Waals surface area contributed by atoms with Crippen LogP contribution in [0.4, 0.5) is 13.2 Å². The van der Waals surface area contributed by atoms with Crippen molar-refractivity contribution in [3.63, 3.8) is 0 Å². The summed E-state index contributed by atoms with van der Waals surface area (Å²) in [5, 5.41) is 9.33. The number of aliphatic carboxylic acids is 1. The molecule has 1 saturated carbocycles. The van der Waals surface area contributed by atoms with Gasteiger partial charge in [0.15, 0.2) is 5.69 Å². The van der Waals surface area contributed by atoms with Gasteiger partial charge in [0.1, 0.15) is 0 Å². The Morgan fingerprint density at radius 3 is 2.57 bits per heavy atom. The van der Waals surface area contributed by atoms with Gasteiger partial charge in [-0.3, -0.25) is 9.78 Å². The molecule has 1 N–H and O–H groups in total. The molecule has 2 aromatic rings. The fourth-order valence-corrected chi connectivity index (χ4v) is 5.22. The summed E-state index contributed by atoms with van der Waals surface area (Å²) < 4.78 is 42.4. The third-order valence-electron chi connectivity index (χ3n) is 6.54. The number of nitrogens with zero attached hydrogens (tertiary/aromatic N) is 2. The molecule has 2 aliphatic rings. The van der Waals surface area contributed by atoms with Crippen LogP contribution in [0.15, 0.2) is 18.5 Å². The number of fused-ring (bicyclic) bond motifs is 1. The fraction of sp³-hybridized carbons (Fsp3) is 0.545. The van der Waals surface area contributed by atoms with E-state index in [1.807, 2.05) is 10.8 Å². The Morgan fingerprint density at radius 1 is 1.20 bits per heavy atom. The molecule has 0 bridgehead atoms. The summed E-state index contributed by atoms with van der Waals surface area (Å²) in [6, 6.07) is 1.40. The number of carboxylic acids is 1. The normalized spacial score (nSPS) is 22.0. The van der Waals surface area contributed by atoms with Crippen LogP contribution in [0.1, 0.15) is 72.5 Å². The van der Waals surface area contributed by atoms with Gasteiger partial charge in [-0.25, -0.2) is 0 Å². The van der Waals surface area contributed by atoms with Crippen molar-refractivity contribution in [1.82, 2.24) is 9.55 Å². The van der Waals surface area contributed by atoms with Gasteiger partial charge in [0.25, 0.3) is 0 Å². The molecule has 8 heteroatoms. The molecule has 0 radical (unpaired) electrons. The number of halogens is 4. The molecule has 4 nitrogen and oxygen atoms in total. The van der Waals surface area contributed by atoms with Crippen molar-refractivity contribution < 1.29 is 23.1 Å². The maximum Gasteiger partial charge on any atom is 0.433 e. The SMILES string of the molecule is O=C(O)C1CCC(c2cn(Cc3c(Cl)ccnc3C(F)(F)F)c3c2CCCC3)CC1. The largest absolute Gasteiger partial charge is 0.481 e. The van der Waals surface area contributed by atoms with Crippen LogP contribution in [0.2, 0.25) is 5.02 Å². The van der Waals surface area contributed by atoms with E-state index in [-0.39, 0.29) is 29.0 Å². The van der Waals surface area contributed by atoms with E-state index in [0.717, 1.165) is 50.4 Å². The van der Waals surface area contributed by atoms with E-state index in [1.165, 1.54) is 17.2 Å². The monoisotopic (exact) mass is 440 g/mol. The Kier molecular flexibility index (Phi) is 5.84. The predicted octanol–water partition coefficient (Wildman–Crippen LogP) is 5.84. The maximum absolute atomic E-state index is 13.5. The average Bonchev–Trinajstić information content (AvgIpc) is 3.07. The molecule has 0 amide bonds. The molecule has 2 heterocycles. The van der Waals surface area contributed by atoms with E-state index in [2.05, 4.69) is 4.98 Å². The number of carbonyl (C=O) groups is 1. The van der Waals surface area contributed by atoms with E-state index >= 15 is 0 Å². The first kappa shape index (κ1) is 21.2. The molecule has 0 aliphatic heterocycles. The molecular formula is C22H24ClF3N2O2. The van der Waals surface area contributed by atoms with Crippen molar-refractivity contribution in [1.29, 1.82) is 0 Å². The predicted molar refractivity (Wildman–Crippen MR) is 107 cm³/mol. The number of rotatable bonds is 4. The van der Waals surface area contributed by atoms with Gasteiger partial charge in [0, 0.05) is 28.7 Å². The van der Waals surface area contributed by atoms with Crippen LogP contribution < -0.4 is 0 Å². The zero-order valence-electron chi connectivity index (χ0n) is 16.5. The van der Waals surface area contributed by atoms with Gasteiger partial charge in [-0.1, -0.05) is 11.6 Å². The van der Waals surface area contributed by atoms with Crippen molar-refractivity contribution in [2.45, 2.75) is 70.0 Å². The van der Waals surface area contributed by atoms with Crippen LogP contribution >= 0.6 is 11.6 Å². The first-order valence-corrected chi connectivity index (χ1v) is 10.8. The highest BCUT2D eigenvalue weighted by Crippen LogP contribution is 2.41. The summed E-state index contributed by atoms with van der Waals surface area (Å²) in [7, 11) is 0. The van der Waals surface area contributed by atoms with Gasteiger partial charge in [-0.15, -0.1) is 0 Å². The number of aromatic nitrogens is 2. The van der Waals surface area contributed by atoms with Crippen molar-refractivity contribution in [3.8, 4) is 0 Å². The Morgan fingerprint density at radius 2 is 1.90 bits per heavy atom. The zero-order valence-corrected chi connectivity index (χ0v) is 17.3. The van der Waals surface area contributed by atoms with Crippen LogP contribution in [0.5, 0.6) is 0 Å². The quantitative estimate of drug-likeness (QED) is 0.649. The smallest absolute Gasteiger partial charge is 0.433 e. The van der Waals surface area contributed by atoms with Gasteiger partial charge in [-0.05, 0) is 74.5 Å². The van der Waals surface area contributed by atoms with Crippen LogP contribution in [0.3, 0.4) is 0 Å². The van der Waals surface area contributed by atoms with E-state index < -0.39 is 17.8 Å². The molecule has 0 aromatic carbocycles. The lowest BCUT2D eigenvalue weighted by Gasteiger charge is -2.27. The minimum absolute atomic E-state index is 0.00354. The van der Waals surface area contributed by atoms with Gasteiger partial charge in [-0.2, -0.15) is 13.2 Å². The van der Waals surface area contributed by atoms with Crippen molar-refractivity contribution >= 4 is 17.6 Å². The number of hydrogen-bond acceptors (Lipinski definition) is 2. The molecule has 0 saturated heterocycles. The van der Waals surface area contributed by atoms with E-state index in [4.69, 9.17) is 11.6 Å². The van der Waals surface area contributed by atoms with Crippen LogP contribution in [0.25, 0.3) is 0 Å². The number of pyridine rings is 1. The summed E-state index contributed by atoms with van der Waals surface area (Å²) >= 11 is 6.16. The van der Waals surface area contributed by atoms with E-state index in [0.29, 0.717) is 12.8 Å². The van der Waals surface area contributed by atoms with Gasteiger partial charge < -0.3 is 9.67 Å². The highest BCUT2D eigenvalue weighted by molar-refractivity contribution is 6.31. The molecule has 30 heavy (non-hydrogen) atoms. The first-order chi connectivity index (χ1) is 14.3. The Labute approximate surface area is 178 Å². The number of hydrogen-bond donors (Lipinski definition) is 1. The molecule has 0 spiro atoms. The molecule has 1 fully saturated rings. The van der Waals surface area contributed by atoms with E-state index in [1.54, 1.807) is 0 Å². The van der Waals surface area contributed by atoms with Crippen LogP contribution in [-0.4, -0.2) is 20.6 Å². The summed E-state index contributed by atoms with van der Waals surface area (Å²) in [4.78, 5) is 14.8. The second-order valence-electron chi connectivity index (χ2n) is 8.35. The number of alkyl halides is 3. The molecular weight excluding hydrogens is 417 g/mol. The molecule has 4 rings (SSSR count). The lowest BCUT2D eigenvalue weighted by molar-refractivity contribution is -0.143. The van der Waals surface area contributed by atoms with Gasteiger partial charge >= 0.3 is 12.1 Å². The number of carboxylic acid groups (broad SMARTS) is 1. The third kappa shape index (κ3) is 4.09. The van der Waals surface area contributed by atoms with Crippen molar-refractivity contribution in [3.05, 3.63) is 51.6 Å². The van der Waals surface area contributed by atoms with Gasteiger partial charge in [0.05, 0.1) is 12.5 Å². The first-order valence-electron chi connectivity index (χ1n) is 10.4. The third-order valence-corrected chi connectivity index (χ3v) is 6.89. The summed E-state index contributed by atoms with van der Waals surface area (Å²) in [5.74, 6) is -0.762. The zero-order chi connectivity index (χ0) is 21.5. The Balaban J connectivity index is 1.67. The fourth-order valence-electron chi connectivity index (χ4n) is 5.02. The topological polar surface area (TPSA) is 55.1 Å². The molecule has 162 valence electrons.